The van der Waals surface area contributed by atoms with Crippen LogP contribution in [-0.2, 0) is 19.1 Å². The third-order valence-corrected chi connectivity index (χ3v) is 5.57. The van der Waals surface area contributed by atoms with E-state index in [-0.39, 0.29) is 11.9 Å². The van der Waals surface area contributed by atoms with Gasteiger partial charge >= 0.3 is 11.9 Å². The molecule has 3 rings (SSSR count). The molecule has 6 nitrogen and oxygen atoms in total. The zero-order valence-electron chi connectivity index (χ0n) is 21.1. The first kappa shape index (κ1) is 26.8. The van der Waals surface area contributed by atoms with E-state index in [4.69, 9.17) is 18.9 Å². The Morgan fingerprint density at radius 2 is 0.889 bits per heavy atom. The Morgan fingerprint density at radius 3 is 1.19 bits per heavy atom. The molecule has 0 fully saturated rings. The summed E-state index contributed by atoms with van der Waals surface area (Å²) in [6, 6.07) is 16.1. The van der Waals surface area contributed by atoms with E-state index in [1.165, 1.54) is 0 Å². The first-order valence-electron chi connectivity index (χ1n) is 12.2. The molecule has 36 heavy (non-hydrogen) atoms. The van der Waals surface area contributed by atoms with Gasteiger partial charge in [-0.25, -0.2) is 9.59 Å². The summed E-state index contributed by atoms with van der Waals surface area (Å²) in [5.41, 5.74) is 0.801. The molecule has 190 valence electrons. The van der Waals surface area contributed by atoms with Crippen LogP contribution in [0.5, 0.6) is 11.5 Å². The van der Waals surface area contributed by atoms with E-state index >= 15 is 0 Å². The molecular formula is C30H34O6. The Hall–Kier alpha value is -3.80. The summed E-state index contributed by atoms with van der Waals surface area (Å²) >= 11 is 0. The molecule has 0 aliphatic heterocycles. The molecule has 0 amide bonds. The summed E-state index contributed by atoms with van der Waals surface area (Å²) in [6.45, 7) is 12.1. The number of esters is 2. The number of unbranched alkanes of at least 4 members (excludes halogenated alkanes) is 2. The van der Waals surface area contributed by atoms with Crippen LogP contribution < -0.4 is 9.47 Å². The Kier molecular flexibility index (Phi) is 9.92. The molecular weight excluding hydrogens is 456 g/mol. The fourth-order valence-electron chi connectivity index (χ4n) is 3.69. The molecule has 0 N–H and O–H groups in total. The minimum Gasteiger partial charge on any atom is -0.492 e. The van der Waals surface area contributed by atoms with Crippen molar-refractivity contribution in [3.63, 3.8) is 0 Å². The Labute approximate surface area is 212 Å². The molecule has 0 aliphatic carbocycles. The molecule has 0 aromatic heterocycles. The fourth-order valence-corrected chi connectivity index (χ4v) is 3.69. The quantitative estimate of drug-likeness (QED) is 0.110. The Morgan fingerprint density at radius 1 is 0.583 bits per heavy atom. The predicted molar refractivity (Wildman–Crippen MR) is 142 cm³/mol. The maximum absolute atomic E-state index is 11.5. The number of benzene rings is 3. The predicted octanol–water partition coefficient (Wildman–Crippen LogP) is 6.55. The van der Waals surface area contributed by atoms with Crippen LogP contribution in [0, 0.1) is 0 Å². The maximum Gasteiger partial charge on any atom is 0.333 e. The first-order valence-corrected chi connectivity index (χ1v) is 12.2. The van der Waals surface area contributed by atoms with Crippen molar-refractivity contribution in [1.29, 1.82) is 0 Å². The van der Waals surface area contributed by atoms with Gasteiger partial charge in [0.15, 0.2) is 0 Å². The van der Waals surface area contributed by atoms with E-state index in [9.17, 15) is 9.59 Å². The number of hydrogen-bond donors (Lipinski definition) is 0. The zero-order valence-corrected chi connectivity index (χ0v) is 21.1. The summed E-state index contributed by atoms with van der Waals surface area (Å²) < 4.78 is 22.9. The molecule has 6 heteroatoms. The van der Waals surface area contributed by atoms with Gasteiger partial charge in [-0.05, 0) is 39.5 Å². The molecule has 0 bridgehead atoms. The zero-order chi connectivity index (χ0) is 25.9. The van der Waals surface area contributed by atoms with Gasteiger partial charge in [0.2, 0.25) is 0 Å². The van der Waals surface area contributed by atoms with Crippen LogP contribution in [0.1, 0.15) is 39.5 Å². The minimum atomic E-state index is -0.364. The van der Waals surface area contributed by atoms with Crippen LogP contribution in [0.15, 0.2) is 72.8 Å². The molecule has 0 atom stereocenters. The highest BCUT2D eigenvalue weighted by atomic mass is 16.5. The van der Waals surface area contributed by atoms with E-state index in [2.05, 4.69) is 13.2 Å². The molecule has 0 aliphatic rings. The number of fused-ring (bicyclic) bond motifs is 2. The van der Waals surface area contributed by atoms with Crippen molar-refractivity contribution < 1.29 is 28.5 Å². The minimum absolute atomic E-state index is 0.343. The lowest BCUT2D eigenvalue weighted by Gasteiger charge is -2.18. The molecule has 0 saturated carbocycles. The average molecular weight is 491 g/mol. The standard InChI is InChI=1S/C30H34O6/c1-21(2)29(31)35-19-11-9-17-33-27-23-13-5-7-15-25(23)28(26-16-8-6-14-24(26)27)34-18-10-12-20-36-30(32)22(3)4/h5-8,13-16H,1,3,9-12,17-20H2,2,4H3. The van der Waals surface area contributed by atoms with E-state index in [0.717, 1.165) is 45.9 Å². The van der Waals surface area contributed by atoms with Crippen LogP contribution in [-0.4, -0.2) is 38.4 Å². The molecule has 0 unspecified atom stereocenters. The summed E-state index contributed by atoms with van der Waals surface area (Å²) in [5.74, 6) is 0.908. The normalized spacial score (nSPS) is 10.7. The molecule has 0 heterocycles. The highest BCUT2D eigenvalue weighted by molar-refractivity contribution is 6.11. The van der Waals surface area contributed by atoms with E-state index in [1.54, 1.807) is 13.8 Å². The molecule has 0 radical (unpaired) electrons. The number of carbonyl (C=O) groups excluding carboxylic acids is 2. The second-order valence-corrected chi connectivity index (χ2v) is 8.69. The van der Waals surface area contributed by atoms with Crippen LogP contribution in [0.2, 0.25) is 0 Å². The number of rotatable bonds is 14. The lowest BCUT2D eigenvalue weighted by atomic mass is 10.0. The van der Waals surface area contributed by atoms with Gasteiger partial charge in [0, 0.05) is 32.7 Å². The van der Waals surface area contributed by atoms with Gasteiger partial charge in [0.05, 0.1) is 26.4 Å². The molecule has 3 aromatic carbocycles. The van der Waals surface area contributed by atoms with Gasteiger partial charge in [-0.2, -0.15) is 0 Å². The van der Waals surface area contributed by atoms with E-state index in [0.29, 0.717) is 50.4 Å². The largest absolute Gasteiger partial charge is 0.492 e. The highest BCUT2D eigenvalue weighted by Crippen LogP contribution is 2.42. The number of carbonyl (C=O) groups is 2. The molecule has 0 saturated heterocycles. The topological polar surface area (TPSA) is 71.1 Å². The summed E-state index contributed by atoms with van der Waals surface area (Å²) in [4.78, 5) is 23.0. The lowest BCUT2D eigenvalue weighted by Crippen LogP contribution is -2.08. The van der Waals surface area contributed by atoms with Crippen molar-refractivity contribution in [2.24, 2.45) is 0 Å². The van der Waals surface area contributed by atoms with Crippen molar-refractivity contribution >= 4 is 33.5 Å². The van der Waals surface area contributed by atoms with Crippen molar-refractivity contribution in [1.82, 2.24) is 0 Å². The van der Waals surface area contributed by atoms with Crippen molar-refractivity contribution in [2.45, 2.75) is 39.5 Å². The van der Waals surface area contributed by atoms with Crippen LogP contribution in [0.3, 0.4) is 0 Å². The van der Waals surface area contributed by atoms with Crippen molar-refractivity contribution in [3.8, 4) is 11.5 Å². The van der Waals surface area contributed by atoms with Gasteiger partial charge in [0.25, 0.3) is 0 Å². The Bertz CT molecular complexity index is 1090. The van der Waals surface area contributed by atoms with Gasteiger partial charge < -0.3 is 18.9 Å². The van der Waals surface area contributed by atoms with Gasteiger partial charge in [0.1, 0.15) is 11.5 Å². The van der Waals surface area contributed by atoms with Gasteiger partial charge in [-0.15, -0.1) is 0 Å². The second kappa shape index (κ2) is 13.3. The summed E-state index contributed by atoms with van der Waals surface area (Å²) in [6.07, 6.45) is 2.91. The average Bonchev–Trinajstić information content (AvgIpc) is 2.88. The second-order valence-electron chi connectivity index (χ2n) is 8.69. The summed E-state index contributed by atoms with van der Waals surface area (Å²) in [7, 11) is 0. The third kappa shape index (κ3) is 7.11. The lowest BCUT2D eigenvalue weighted by molar-refractivity contribution is -0.139. The van der Waals surface area contributed by atoms with Crippen LogP contribution >= 0.6 is 0 Å². The molecule has 0 spiro atoms. The first-order chi connectivity index (χ1) is 17.4. The van der Waals surface area contributed by atoms with Gasteiger partial charge in [-0.3, -0.25) is 0 Å². The van der Waals surface area contributed by atoms with Crippen LogP contribution in [0.25, 0.3) is 21.5 Å². The molecule has 3 aromatic rings. The third-order valence-electron chi connectivity index (χ3n) is 5.57. The highest BCUT2D eigenvalue weighted by Gasteiger charge is 2.16. The fraction of sp³-hybridized carbons (Fsp3) is 0.333. The number of ether oxygens (including phenoxy) is 4. The van der Waals surface area contributed by atoms with Crippen molar-refractivity contribution in [3.05, 3.63) is 72.8 Å². The number of hydrogen-bond acceptors (Lipinski definition) is 6. The maximum atomic E-state index is 11.5. The van der Waals surface area contributed by atoms with Gasteiger partial charge in [-0.1, -0.05) is 61.7 Å². The van der Waals surface area contributed by atoms with E-state index < -0.39 is 0 Å². The monoisotopic (exact) mass is 490 g/mol. The van der Waals surface area contributed by atoms with Crippen LogP contribution in [0.4, 0.5) is 0 Å². The van der Waals surface area contributed by atoms with E-state index in [1.807, 2.05) is 48.5 Å². The van der Waals surface area contributed by atoms with Crippen molar-refractivity contribution in [2.75, 3.05) is 26.4 Å². The SMILES string of the molecule is C=C(C)C(=O)OCCCCOc1c2ccccc2c(OCCCCOC(=O)C(=C)C)c2ccccc12. The smallest absolute Gasteiger partial charge is 0.333 e. The Balaban J connectivity index is 1.68. The summed E-state index contributed by atoms with van der Waals surface area (Å²) in [5, 5.41) is 3.93.